The molecule has 166 valence electrons. The van der Waals surface area contributed by atoms with E-state index >= 15 is 0 Å². The minimum atomic E-state index is -4.78. The summed E-state index contributed by atoms with van der Waals surface area (Å²) in [5.74, 6) is -1.81. The SMILES string of the molecule is Cc1cc(Cl)cnc1C(=O)Cc1ccc(F)c([C@]2(C)CO[C@@](C)(C(F)(F)F)C(N)=N2)c1. The second-order valence-corrected chi connectivity index (χ2v) is 8.26. The van der Waals surface area contributed by atoms with Gasteiger partial charge >= 0.3 is 6.18 Å². The number of carbonyl (C=O) groups is 1. The first kappa shape index (κ1) is 23.1. The zero-order valence-corrected chi connectivity index (χ0v) is 17.7. The molecule has 10 heteroatoms. The summed E-state index contributed by atoms with van der Waals surface area (Å²) in [6.07, 6.45) is -3.52. The number of ketones is 1. The minimum absolute atomic E-state index is 0.0224. The minimum Gasteiger partial charge on any atom is -0.385 e. The average Bonchev–Trinajstić information content (AvgIpc) is 2.65. The number of carbonyl (C=O) groups excluding carboxylic acids is 1. The number of aryl methyl sites for hydroxylation is 1. The van der Waals surface area contributed by atoms with Crippen LogP contribution in [0.3, 0.4) is 0 Å². The van der Waals surface area contributed by atoms with E-state index in [0.717, 1.165) is 13.0 Å². The molecule has 1 aliphatic rings. The summed E-state index contributed by atoms with van der Waals surface area (Å²) in [6, 6.07) is 5.54. The summed E-state index contributed by atoms with van der Waals surface area (Å²) in [5, 5.41) is 0.393. The van der Waals surface area contributed by atoms with Gasteiger partial charge in [-0.2, -0.15) is 13.2 Å². The first-order valence-corrected chi connectivity index (χ1v) is 9.65. The van der Waals surface area contributed by atoms with Crippen LogP contribution in [0, 0.1) is 12.7 Å². The van der Waals surface area contributed by atoms with Crippen LogP contribution in [-0.2, 0) is 16.7 Å². The molecule has 0 saturated carbocycles. The van der Waals surface area contributed by atoms with Crippen molar-refractivity contribution in [2.24, 2.45) is 10.7 Å². The van der Waals surface area contributed by atoms with Gasteiger partial charge in [0.1, 0.15) is 22.9 Å². The highest BCUT2D eigenvalue weighted by molar-refractivity contribution is 6.30. The molecule has 5 nitrogen and oxygen atoms in total. The number of nitrogens with zero attached hydrogens (tertiary/aromatic N) is 2. The van der Waals surface area contributed by atoms with E-state index in [0.29, 0.717) is 16.1 Å². The number of alkyl halides is 3. The molecule has 0 saturated heterocycles. The van der Waals surface area contributed by atoms with Gasteiger partial charge in [0.05, 0.1) is 11.6 Å². The highest BCUT2D eigenvalue weighted by atomic mass is 35.5. The largest absolute Gasteiger partial charge is 0.424 e. The van der Waals surface area contributed by atoms with E-state index in [1.165, 1.54) is 25.3 Å². The van der Waals surface area contributed by atoms with Crippen LogP contribution < -0.4 is 5.73 Å². The van der Waals surface area contributed by atoms with Gasteiger partial charge in [0.25, 0.3) is 0 Å². The van der Waals surface area contributed by atoms with Crippen LogP contribution in [0.25, 0.3) is 0 Å². The van der Waals surface area contributed by atoms with Crippen LogP contribution in [0.2, 0.25) is 5.02 Å². The van der Waals surface area contributed by atoms with Gasteiger partial charge in [-0.05, 0) is 50.1 Å². The summed E-state index contributed by atoms with van der Waals surface area (Å²) in [7, 11) is 0. The Hall–Kier alpha value is -2.52. The third-order valence-electron chi connectivity index (χ3n) is 5.32. The van der Waals surface area contributed by atoms with E-state index in [9.17, 15) is 22.4 Å². The van der Waals surface area contributed by atoms with E-state index in [1.807, 2.05) is 0 Å². The number of Topliss-reactive ketones (excluding diaryl/α,β-unsaturated/α-hetero) is 1. The van der Waals surface area contributed by atoms with Gasteiger partial charge < -0.3 is 10.5 Å². The molecule has 2 N–H and O–H groups in total. The first-order chi connectivity index (χ1) is 14.3. The number of amidine groups is 1. The standard InChI is InChI=1S/C21H20ClF4N3O2/c1-11-6-13(22)9-28-17(11)16(30)8-12-4-5-15(23)14(7-12)19(2)10-31-20(3,18(27)29-19)21(24,25)26/h4-7,9H,8,10H2,1-3H3,(H2,27,29)/t19-,20+/m0/s1. The van der Waals surface area contributed by atoms with Crippen molar-refractivity contribution in [2.45, 2.75) is 44.5 Å². The molecule has 2 heterocycles. The van der Waals surface area contributed by atoms with Crippen molar-refractivity contribution in [1.29, 1.82) is 0 Å². The molecular weight excluding hydrogens is 438 g/mol. The lowest BCUT2D eigenvalue weighted by molar-refractivity contribution is -0.249. The smallest absolute Gasteiger partial charge is 0.385 e. The van der Waals surface area contributed by atoms with Gasteiger partial charge in [-0.25, -0.2) is 4.39 Å². The third-order valence-corrected chi connectivity index (χ3v) is 5.53. The lowest BCUT2D eigenvalue weighted by atomic mass is 9.88. The van der Waals surface area contributed by atoms with Gasteiger partial charge in [-0.15, -0.1) is 0 Å². The summed E-state index contributed by atoms with van der Waals surface area (Å²) >= 11 is 5.86. The van der Waals surface area contributed by atoms with Crippen molar-refractivity contribution < 1.29 is 27.1 Å². The van der Waals surface area contributed by atoms with Crippen LogP contribution in [-0.4, -0.2) is 35.0 Å². The van der Waals surface area contributed by atoms with Crippen LogP contribution in [0.4, 0.5) is 17.6 Å². The van der Waals surface area contributed by atoms with Crippen LogP contribution in [0.1, 0.15) is 41.0 Å². The Bertz CT molecular complexity index is 1070. The topological polar surface area (TPSA) is 77.6 Å². The molecule has 0 fully saturated rings. The normalized spacial score (nSPS) is 24.1. The maximum atomic E-state index is 14.6. The summed E-state index contributed by atoms with van der Waals surface area (Å²) in [5.41, 5.74) is 2.59. The number of halogens is 5. The Labute approximate surface area is 181 Å². The maximum absolute atomic E-state index is 14.6. The number of ether oxygens (including phenoxy) is 1. The highest BCUT2D eigenvalue weighted by Crippen LogP contribution is 2.41. The molecule has 3 rings (SSSR count). The summed E-state index contributed by atoms with van der Waals surface area (Å²) < 4.78 is 59.6. The van der Waals surface area contributed by atoms with Crippen molar-refractivity contribution >= 4 is 23.2 Å². The van der Waals surface area contributed by atoms with E-state index in [4.69, 9.17) is 22.1 Å². The zero-order chi connectivity index (χ0) is 23.2. The fourth-order valence-corrected chi connectivity index (χ4v) is 3.54. The maximum Gasteiger partial charge on any atom is 0.424 e. The molecule has 0 aliphatic carbocycles. The molecule has 1 aromatic heterocycles. The van der Waals surface area contributed by atoms with Gasteiger partial charge in [0.2, 0.25) is 5.60 Å². The number of hydrogen-bond acceptors (Lipinski definition) is 5. The molecule has 2 aromatic rings. The molecule has 1 aliphatic heterocycles. The van der Waals surface area contributed by atoms with Gasteiger partial charge in [-0.1, -0.05) is 17.7 Å². The van der Waals surface area contributed by atoms with Gasteiger partial charge in [0.15, 0.2) is 5.78 Å². The number of pyridine rings is 1. The van der Waals surface area contributed by atoms with Gasteiger partial charge in [-0.3, -0.25) is 14.8 Å². The highest BCUT2D eigenvalue weighted by Gasteiger charge is 2.59. The Balaban J connectivity index is 1.94. The zero-order valence-electron chi connectivity index (χ0n) is 17.0. The van der Waals surface area contributed by atoms with Crippen molar-refractivity contribution in [3.8, 4) is 0 Å². The fraction of sp³-hybridized carbons (Fsp3) is 0.381. The van der Waals surface area contributed by atoms with Gasteiger partial charge in [0, 0.05) is 18.2 Å². The van der Waals surface area contributed by atoms with Crippen molar-refractivity contribution in [3.05, 3.63) is 63.7 Å². The second kappa shape index (κ2) is 7.87. The lowest BCUT2D eigenvalue weighted by Crippen LogP contribution is -2.60. The van der Waals surface area contributed by atoms with Crippen molar-refractivity contribution in [2.75, 3.05) is 6.61 Å². The number of nitrogens with two attached hydrogens (primary N) is 1. The third kappa shape index (κ3) is 4.29. The van der Waals surface area contributed by atoms with E-state index < -0.39 is 35.6 Å². The number of aromatic nitrogens is 1. The van der Waals surface area contributed by atoms with E-state index in [2.05, 4.69) is 9.98 Å². The Morgan fingerprint density at radius 3 is 2.55 bits per heavy atom. The number of benzene rings is 1. The molecule has 0 unspecified atom stereocenters. The molecule has 0 amide bonds. The van der Waals surface area contributed by atoms with Crippen LogP contribution in [0.15, 0.2) is 35.5 Å². The van der Waals surface area contributed by atoms with Crippen LogP contribution >= 0.6 is 11.6 Å². The van der Waals surface area contributed by atoms with E-state index in [1.54, 1.807) is 13.0 Å². The second-order valence-electron chi connectivity index (χ2n) is 7.82. The number of rotatable bonds is 4. The molecule has 2 atom stereocenters. The molecule has 31 heavy (non-hydrogen) atoms. The predicted molar refractivity (Wildman–Crippen MR) is 108 cm³/mol. The quantitative estimate of drug-likeness (QED) is 0.540. The van der Waals surface area contributed by atoms with Crippen molar-refractivity contribution in [3.63, 3.8) is 0 Å². The Kier molecular flexibility index (Phi) is 5.88. The average molecular weight is 458 g/mol. The molecule has 0 bridgehead atoms. The molecular formula is C21H20ClF4N3O2. The summed E-state index contributed by atoms with van der Waals surface area (Å²) in [4.78, 5) is 20.7. The Morgan fingerprint density at radius 1 is 1.29 bits per heavy atom. The summed E-state index contributed by atoms with van der Waals surface area (Å²) in [6.45, 7) is 3.34. The molecule has 0 radical (unpaired) electrons. The number of aliphatic imine (C=N–C) groups is 1. The monoisotopic (exact) mass is 457 g/mol. The van der Waals surface area contributed by atoms with Crippen LogP contribution in [0.5, 0.6) is 0 Å². The lowest BCUT2D eigenvalue weighted by Gasteiger charge is -2.41. The predicted octanol–water partition coefficient (Wildman–Crippen LogP) is 4.53. The molecule has 0 spiro atoms. The first-order valence-electron chi connectivity index (χ1n) is 9.27. The molecule has 1 aromatic carbocycles. The Morgan fingerprint density at radius 2 is 1.97 bits per heavy atom. The number of hydrogen-bond donors (Lipinski definition) is 1. The fourth-order valence-electron chi connectivity index (χ4n) is 3.33. The van der Waals surface area contributed by atoms with E-state index in [-0.39, 0.29) is 23.5 Å². The van der Waals surface area contributed by atoms with Crippen molar-refractivity contribution in [1.82, 2.24) is 4.98 Å².